The minimum absolute atomic E-state index is 0.463. The molecule has 0 rings (SSSR count). The second-order valence-corrected chi connectivity index (χ2v) is 3.76. The van der Waals surface area contributed by atoms with E-state index in [4.69, 9.17) is 0 Å². The molecule has 0 aliphatic heterocycles. The van der Waals surface area contributed by atoms with Crippen molar-refractivity contribution in [1.82, 2.24) is 10.6 Å². The highest BCUT2D eigenvalue weighted by atomic mass is 15.1. The fraction of sp³-hybridized carbons (Fsp3) is 1.00. The van der Waals surface area contributed by atoms with Gasteiger partial charge in [0.1, 0.15) is 0 Å². The third-order valence-corrected chi connectivity index (χ3v) is 2.17. The Hall–Kier alpha value is -0.0800. The van der Waals surface area contributed by atoms with E-state index in [9.17, 15) is 0 Å². The van der Waals surface area contributed by atoms with E-state index >= 15 is 0 Å². The van der Waals surface area contributed by atoms with E-state index in [-0.39, 0.29) is 0 Å². The van der Waals surface area contributed by atoms with Crippen LogP contribution in [0.5, 0.6) is 0 Å². The van der Waals surface area contributed by atoms with Crippen LogP contribution in [0.1, 0.15) is 41.0 Å². The predicted octanol–water partition coefficient (Wildman–Crippen LogP) is 1.97. The van der Waals surface area contributed by atoms with Crippen molar-refractivity contribution in [1.29, 1.82) is 0 Å². The zero-order valence-corrected chi connectivity index (χ0v) is 9.15. The van der Waals surface area contributed by atoms with Crippen LogP contribution in [0.2, 0.25) is 0 Å². The molecule has 0 aromatic heterocycles. The second kappa shape index (κ2) is 6.44. The van der Waals surface area contributed by atoms with Crippen LogP contribution >= 0.6 is 0 Å². The van der Waals surface area contributed by atoms with Crippen molar-refractivity contribution < 1.29 is 0 Å². The first-order valence-corrected chi connectivity index (χ1v) is 5.11. The molecule has 74 valence electrons. The summed E-state index contributed by atoms with van der Waals surface area (Å²) < 4.78 is 0. The molecule has 0 saturated carbocycles. The summed E-state index contributed by atoms with van der Waals surface area (Å²) >= 11 is 0. The van der Waals surface area contributed by atoms with Gasteiger partial charge in [-0.2, -0.15) is 0 Å². The zero-order valence-electron chi connectivity index (χ0n) is 9.15. The summed E-state index contributed by atoms with van der Waals surface area (Å²) in [5.41, 5.74) is 0. The number of nitrogens with one attached hydrogen (secondary N) is 2. The third kappa shape index (κ3) is 4.73. The summed E-state index contributed by atoms with van der Waals surface area (Å²) in [4.78, 5) is 0. The lowest BCUT2D eigenvalue weighted by Crippen LogP contribution is -2.49. The van der Waals surface area contributed by atoms with Crippen molar-refractivity contribution in [3.05, 3.63) is 0 Å². The van der Waals surface area contributed by atoms with Gasteiger partial charge in [-0.25, -0.2) is 0 Å². The van der Waals surface area contributed by atoms with E-state index < -0.39 is 0 Å². The maximum atomic E-state index is 3.56. The van der Waals surface area contributed by atoms with Crippen molar-refractivity contribution in [2.75, 3.05) is 6.54 Å². The monoisotopic (exact) mass is 172 g/mol. The van der Waals surface area contributed by atoms with Crippen LogP contribution in [0.4, 0.5) is 0 Å². The molecule has 0 fully saturated rings. The van der Waals surface area contributed by atoms with Gasteiger partial charge in [-0.15, -0.1) is 0 Å². The summed E-state index contributed by atoms with van der Waals surface area (Å²) in [5.74, 6) is 0.652. The summed E-state index contributed by atoms with van der Waals surface area (Å²) in [7, 11) is 0. The maximum Gasteiger partial charge on any atom is 0.0597 e. The Bertz CT molecular complexity index is 102. The molecule has 12 heavy (non-hydrogen) atoms. The summed E-state index contributed by atoms with van der Waals surface area (Å²) in [5, 5.41) is 6.99. The molecular weight excluding hydrogens is 148 g/mol. The molecule has 0 amide bonds. The van der Waals surface area contributed by atoms with E-state index in [0.717, 1.165) is 6.54 Å². The third-order valence-electron chi connectivity index (χ3n) is 2.17. The summed E-state index contributed by atoms with van der Waals surface area (Å²) in [6.07, 6.45) is 1.65. The van der Waals surface area contributed by atoms with Gasteiger partial charge in [0.15, 0.2) is 0 Å². The number of hydrogen-bond acceptors (Lipinski definition) is 2. The fourth-order valence-electron chi connectivity index (χ4n) is 1.13. The zero-order chi connectivity index (χ0) is 9.56. The van der Waals surface area contributed by atoms with Crippen molar-refractivity contribution in [2.24, 2.45) is 5.92 Å². The van der Waals surface area contributed by atoms with Gasteiger partial charge >= 0.3 is 0 Å². The average Bonchev–Trinajstić information content (AvgIpc) is 2.03. The molecular formula is C10H24N2. The maximum absolute atomic E-state index is 3.56. The second-order valence-electron chi connectivity index (χ2n) is 3.76. The van der Waals surface area contributed by atoms with Crippen LogP contribution in [0, 0.1) is 5.92 Å². The van der Waals surface area contributed by atoms with Crippen LogP contribution in [0.25, 0.3) is 0 Å². The minimum atomic E-state index is 0.463. The van der Waals surface area contributed by atoms with Gasteiger partial charge in [0.25, 0.3) is 0 Å². The largest absolute Gasteiger partial charge is 0.302 e. The van der Waals surface area contributed by atoms with Crippen LogP contribution in [-0.4, -0.2) is 18.8 Å². The molecule has 0 radical (unpaired) electrons. The quantitative estimate of drug-likeness (QED) is 0.599. The Morgan fingerprint density at radius 1 is 1.08 bits per heavy atom. The summed E-state index contributed by atoms with van der Waals surface area (Å²) in [6.45, 7) is 12.1. The minimum Gasteiger partial charge on any atom is -0.302 e. The molecule has 0 spiro atoms. The van der Waals surface area contributed by atoms with Gasteiger partial charge in [0, 0.05) is 6.04 Å². The lowest BCUT2D eigenvalue weighted by molar-refractivity contribution is 0.308. The molecule has 0 aromatic carbocycles. The van der Waals surface area contributed by atoms with Gasteiger partial charge in [-0.1, -0.05) is 27.7 Å². The Balaban J connectivity index is 3.77. The first-order valence-electron chi connectivity index (χ1n) is 5.11. The molecule has 2 unspecified atom stereocenters. The first kappa shape index (κ1) is 11.9. The van der Waals surface area contributed by atoms with Crippen molar-refractivity contribution >= 4 is 0 Å². The van der Waals surface area contributed by atoms with E-state index in [1.165, 1.54) is 6.42 Å². The molecule has 0 heterocycles. The van der Waals surface area contributed by atoms with Crippen molar-refractivity contribution in [3.8, 4) is 0 Å². The van der Waals surface area contributed by atoms with Crippen molar-refractivity contribution in [2.45, 2.75) is 53.2 Å². The van der Waals surface area contributed by atoms with E-state index in [0.29, 0.717) is 18.1 Å². The number of hydrogen-bond donors (Lipinski definition) is 2. The fourth-order valence-corrected chi connectivity index (χ4v) is 1.13. The van der Waals surface area contributed by atoms with E-state index in [1.54, 1.807) is 0 Å². The van der Waals surface area contributed by atoms with Gasteiger partial charge < -0.3 is 5.32 Å². The lowest BCUT2D eigenvalue weighted by atomic mass is 10.1. The predicted molar refractivity (Wildman–Crippen MR) is 55.2 cm³/mol. The normalized spacial score (nSPS) is 16.5. The summed E-state index contributed by atoms with van der Waals surface area (Å²) in [6, 6.07) is 0.608. The Morgan fingerprint density at radius 2 is 1.67 bits per heavy atom. The van der Waals surface area contributed by atoms with Gasteiger partial charge in [0.2, 0.25) is 0 Å². The van der Waals surface area contributed by atoms with Crippen LogP contribution < -0.4 is 10.6 Å². The highest BCUT2D eigenvalue weighted by Gasteiger charge is 2.12. The molecule has 2 atom stereocenters. The standard InChI is InChI=1S/C10H24N2/c1-6-9(5)12-10(8(3)4)11-7-2/h8-12H,6-7H2,1-5H3. The SMILES string of the molecule is CCNC(NC(C)CC)C(C)C. The van der Waals surface area contributed by atoms with Gasteiger partial charge in [-0.05, 0) is 25.8 Å². The molecule has 0 aliphatic rings. The molecule has 2 heteroatoms. The Kier molecular flexibility index (Phi) is 6.39. The molecule has 0 aliphatic carbocycles. The molecule has 2 nitrogen and oxygen atoms in total. The molecule has 0 bridgehead atoms. The van der Waals surface area contributed by atoms with E-state index in [2.05, 4.69) is 45.3 Å². The van der Waals surface area contributed by atoms with Crippen LogP contribution in [0.15, 0.2) is 0 Å². The highest BCUT2D eigenvalue weighted by molar-refractivity contribution is 4.70. The van der Waals surface area contributed by atoms with Crippen LogP contribution in [0.3, 0.4) is 0 Å². The topological polar surface area (TPSA) is 24.1 Å². The Labute approximate surface area is 77.1 Å². The first-order chi connectivity index (χ1) is 5.61. The Morgan fingerprint density at radius 3 is 2.00 bits per heavy atom. The highest BCUT2D eigenvalue weighted by Crippen LogP contribution is 2.00. The van der Waals surface area contributed by atoms with Gasteiger partial charge in [-0.3, -0.25) is 5.32 Å². The molecule has 0 saturated heterocycles. The lowest BCUT2D eigenvalue weighted by Gasteiger charge is -2.26. The average molecular weight is 172 g/mol. The van der Waals surface area contributed by atoms with E-state index in [1.807, 2.05) is 0 Å². The number of rotatable bonds is 6. The van der Waals surface area contributed by atoms with Gasteiger partial charge in [0.05, 0.1) is 6.17 Å². The van der Waals surface area contributed by atoms with Crippen LogP contribution in [-0.2, 0) is 0 Å². The van der Waals surface area contributed by atoms with Crippen molar-refractivity contribution in [3.63, 3.8) is 0 Å². The molecule has 0 aromatic rings. The molecule has 2 N–H and O–H groups in total. The smallest absolute Gasteiger partial charge is 0.0597 e.